The van der Waals surface area contributed by atoms with Gasteiger partial charge in [-0.1, -0.05) is 45.9 Å². The second kappa shape index (κ2) is 16.1. The Kier molecular flexibility index (Phi) is 12.3. The van der Waals surface area contributed by atoms with Gasteiger partial charge in [-0.2, -0.15) is 5.26 Å². The van der Waals surface area contributed by atoms with Crippen LogP contribution < -0.4 is 15.6 Å². The average molecular weight is 571 g/mol. The van der Waals surface area contributed by atoms with Crippen molar-refractivity contribution in [3.8, 4) is 34.5 Å². The van der Waals surface area contributed by atoms with E-state index in [-0.39, 0.29) is 0 Å². The molecular formula is C33H39FN6O2. The molecule has 0 amide bonds. The maximum absolute atomic E-state index is 14.7. The SMILES string of the molecule is CC.CC.CC(c1cccc(-c2ncc(OCC3CCNCC3)cn2)c1)n1cc(-c2cc(C#N)ccn2)cc(F)c1=O. The molecule has 1 N–H and O–H groups in total. The maximum Gasteiger partial charge on any atom is 0.287 e. The molecule has 1 aliphatic heterocycles. The first-order chi connectivity index (χ1) is 20.5. The Labute approximate surface area is 247 Å². The fraction of sp³-hybridized carbons (Fsp3) is 0.364. The van der Waals surface area contributed by atoms with Crippen LogP contribution in [0.1, 0.15) is 64.6 Å². The number of pyridine rings is 2. The Morgan fingerprint density at radius 1 is 1.05 bits per heavy atom. The topological polar surface area (TPSA) is 106 Å². The minimum absolute atomic E-state index is 0.400. The molecule has 1 unspecified atom stereocenters. The monoisotopic (exact) mass is 570 g/mol. The van der Waals surface area contributed by atoms with Gasteiger partial charge in [0.05, 0.1) is 42.4 Å². The Morgan fingerprint density at radius 2 is 1.76 bits per heavy atom. The molecule has 0 aliphatic carbocycles. The third-order valence-corrected chi connectivity index (χ3v) is 6.80. The second-order valence-electron chi connectivity index (χ2n) is 9.38. The predicted octanol–water partition coefficient (Wildman–Crippen LogP) is 6.42. The van der Waals surface area contributed by atoms with Crippen LogP contribution >= 0.6 is 0 Å². The molecule has 4 aromatic rings. The molecule has 4 heterocycles. The lowest BCUT2D eigenvalue weighted by atomic mass is 9.99. The smallest absolute Gasteiger partial charge is 0.287 e. The molecule has 8 nitrogen and oxygen atoms in total. The standard InChI is InChI=1S/C29H27FN6O2.2C2H6/c1-19(36-17-24(13-26(30)29(36)37)27-11-21(14-31)7-10-33-27)22-3-2-4-23(12-22)28-34-15-25(16-35-28)38-18-20-5-8-32-9-6-20;2*1-2/h2-4,7,10-13,15-17,19-20,32H,5-6,8-9,18H2,1H3;2*1-2H3. The summed E-state index contributed by atoms with van der Waals surface area (Å²) in [5, 5.41) is 12.5. The minimum atomic E-state index is -0.891. The van der Waals surface area contributed by atoms with E-state index in [1.165, 1.54) is 10.8 Å². The van der Waals surface area contributed by atoms with Gasteiger partial charge in [-0.05, 0) is 68.6 Å². The summed E-state index contributed by atoms with van der Waals surface area (Å²) < 4.78 is 21.9. The van der Waals surface area contributed by atoms with Crippen molar-refractivity contribution in [3.05, 3.63) is 94.5 Å². The molecule has 220 valence electrons. The number of nitrogens with zero attached hydrogens (tertiary/aromatic N) is 5. The highest BCUT2D eigenvalue weighted by Crippen LogP contribution is 2.25. The average Bonchev–Trinajstić information content (AvgIpc) is 3.07. The van der Waals surface area contributed by atoms with Crippen molar-refractivity contribution in [2.75, 3.05) is 19.7 Å². The zero-order valence-electron chi connectivity index (χ0n) is 25.0. The summed E-state index contributed by atoms with van der Waals surface area (Å²) >= 11 is 0. The van der Waals surface area contributed by atoms with Gasteiger partial charge < -0.3 is 14.6 Å². The number of nitriles is 1. The first-order valence-electron chi connectivity index (χ1n) is 14.6. The Balaban J connectivity index is 0.00000116. The van der Waals surface area contributed by atoms with Crippen molar-refractivity contribution in [2.24, 2.45) is 5.92 Å². The van der Waals surface area contributed by atoms with Crippen molar-refractivity contribution in [1.29, 1.82) is 5.26 Å². The van der Waals surface area contributed by atoms with Crippen molar-refractivity contribution < 1.29 is 9.13 Å². The highest BCUT2D eigenvalue weighted by Gasteiger charge is 2.17. The van der Waals surface area contributed by atoms with E-state index >= 15 is 0 Å². The van der Waals surface area contributed by atoms with Gasteiger partial charge in [0.25, 0.3) is 5.56 Å². The van der Waals surface area contributed by atoms with Crippen LogP contribution in [0.2, 0.25) is 0 Å². The van der Waals surface area contributed by atoms with Crippen LogP contribution in [0.5, 0.6) is 5.75 Å². The van der Waals surface area contributed by atoms with Crippen LogP contribution in [0.3, 0.4) is 0 Å². The molecule has 1 aliphatic rings. The lowest BCUT2D eigenvalue weighted by molar-refractivity contribution is 0.214. The molecule has 3 aromatic heterocycles. The van der Waals surface area contributed by atoms with Gasteiger partial charge in [-0.3, -0.25) is 9.78 Å². The zero-order chi connectivity index (χ0) is 30.5. The summed E-state index contributed by atoms with van der Waals surface area (Å²) in [4.78, 5) is 25.9. The van der Waals surface area contributed by atoms with Gasteiger partial charge >= 0.3 is 0 Å². The molecule has 1 fully saturated rings. The van der Waals surface area contributed by atoms with E-state index < -0.39 is 17.4 Å². The summed E-state index contributed by atoms with van der Waals surface area (Å²) in [6.45, 7) is 12.5. The number of piperidine rings is 1. The van der Waals surface area contributed by atoms with Crippen molar-refractivity contribution in [3.63, 3.8) is 0 Å². The first-order valence-corrected chi connectivity index (χ1v) is 14.6. The van der Waals surface area contributed by atoms with Crippen LogP contribution in [0.25, 0.3) is 22.6 Å². The number of rotatable bonds is 7. The number of nitrogens with one attached hydrogen (secondary N) is 1. The molecular weight excluding hydrogens is 531 g/mol. The Bertz CT molecular complexity index is 1530. The van der Waals surface area contributed by atoms with Crippen LogP contribution in [-0.2, 0) is 0 Å². The minimum Gasteiger partial charge on any atom is -0.490 e. The number of hydrogen-bond acceptors (Lipinski definition) is 7. The molecule has 42 heavy (non-hydrogen) atoms. The van der Waals surface area contributed by atoms with Crippen molar-refractivity contribution in [2.45, 2.75) is 53.5 Å². The van der Waals surface area contributed by atoms with Crippen LogP contribution in [0.15, 0.2) is 72.0 Å². The van der Waals surface area contributed by atoms with Gasteiger partial charge in [0, 0.05) is 23.5 Å². The molecule has 1 aromatic carbocycles. The van der Waals surface area contributed by atoms with E-state index in [4.69, 9.17) is 4.74 Å². The lowest BCUT2D eigenvalue weighted by Crippen LogP contribution is -2.30. The molecule has 1 saturated heterocycles. The normalized spacial score (nSPS) is 13.5. The third kappa shape index (κ3) is 8.08. The van der Waals surface area contributed by atoms with E-state index in [2.05, 4.69) is 20.3 Å². The number of halogens is 1. The molecule has 1 atom stereocenters. The van der Waals surface area contributed by atoms with Crippen molar-refractivity contribution in [1.82, 2.24) is 24.8 Å². The molecule has 5 rings (SSSR count). The van der Waals surface area contributed by atoms with E-state index in [1.54, 1.807) is 30.7 Å². The van der Waals surface area contributed by atoms with Crippen LogP contribution in [-0.4, -0.2) is 39.2 Å². The van der Waals surface area contributed by atoms with Gasteiger partial charge in [0.15, 0.2) is 17.4 Å². The molecule has 0 spiro atoms. The number of aromatic nitrogens is 4. The fourth-order valence-electron chi connectivity index (χ4n) is 4.55. The predicted molar refractivity (Wildman–Crippen MR) is 164 cm³/mol. The summed E-state index contributed by atoms with van der Waals surface area (Å²) in [5.41, 5.74) is 2.03. The van der Waals surface area contributed by atoms with Gasteiger partial charge in [-0.15, -0.1) is 0 Å². The number of ether oxygens (including phenoxy) is 1. The Hall–Kier alpha value is -4.42. The largest absolute Gasteiger partial charge is 0.490 e. The van der Waals surface area contributed by atoms with Gasteiger partial charge in [0.1, 0.15) is 0 Å². The van der Waals surface area contributed by atoms with Crippen LogP contribution in [0.4, 0.5) is 4.39 Å². The van der Waals surface area contributed by atoms with Crippen molar-refractivity contribution >= 4 is 0 Å². The van der Waals surface area contributed by atoms with E-state index in [0.717, 1.165) is 43.1 Å². The highest BCUT2D eigenvalue weighted by molar-refractivity contribution is 5.60. The number of benzene rings is 1. The van der Waals surface area contributed by atoms with E-state index in [0.29, 0.717) is 40.9 Å². The lowest BCUT2D eigenvalue weighted by Gasteiger charge is -2.22. The first kappa shape index (κ1) is 32.1. The highest BCUT2D eigenvalue weighted by atomic mass is 19.1. The van der Waals surface area contributed by atoms with E-state index in [1.807, 2.05) is 65.0 Å². The quantitative estimate of drug-likeness (QED) is 0.273. The molecule has 9 heteroatoms. The zero-order valence-corrected chi connectivity index (χ0v) is 25.0. The van der Waals surface area contributed by atoms with E-state index in [9.17, 15) is 14.4 Å². The molecule has 0 bridgehead atoms. The Morgan fingerprint density at radius 3 is 2.45 bits per heavy atom. The number of hydrogen-bond donors (Lipinski definition) is 1. The maximum atomic E-state index is 14.7. The summed E-state index contributed by atoms with van der Waals surface area (Å²) in [5.74, 6) is 0.799. The molecule has 0 saturated carbocycles. The summed E-state index contributed by atoms with van der Waals surface area (Å²) in [7, 11) is 0. The van der Waals surface area contributed by atoms with Gasteiger partial charge in [-0.25, -0.2) is 14.4 Å². The summed E-state index contributed by atoms with van der Waals surface area (Å²) in [6, 6.07) is 13.3. The summed E-state index contributed by atoms with van der Waals surface area (Å²) in [6.07, 6.45) is 8.59. The second-order valence-corrected chi connectivity index (χ2v) is 9.38. The third-order valence-electron chi connectivity index (χ3n) is 6.80. The fourth-order valence-corrected chi connectivity index (χ4v) is 4.55. The van der Waals surface area contributed by atoms with Gasteiger partial charge in [0.2, 0.25) is 0 Å². The molecule has 0 radical (unpaired) electrons. The van der Waals surface area contributed by atoms with Crippen LogP contribution in [0, 0.1) is 23.1 Å².